The minimum atomic E-state index is -3.83. The van der Waals surface area contributed by atoms with Crippen molar-refractivity contribution >= 4 is 15.7 Å². The summed E-state index contributed by atoms with van der Waals surface area (Å²) in [5, 5.41) is 3.95. The van der Waals surface area contributed by atoms with Crippen LogP contribution in [0.1, 0.15) is 17.0 Å². The zero-order valence-electron chi connectivity index (χ0n) is 15.7. The highest BCUT2D eigenvalue weighted by atomic mass is 32.2. The zero-order valence-corrected chi connectivity index (χ0v) is 16.5. The molecule has 7 nitrogen and oxygen atoms in total. The third-order valence-electron chi connectivity index (χ3n) is 4.32. The molecule has 0 atom stereocenters. The van der Waals surface area contributed by atoms with Gasteiger partial charge in [-0.1, -0.05) is 41.6 Å². The third-order valence-corrected chi connectivity index (χ3v) is 5.54. The smallest absolute Gasteiger partial charge is 0.237 e. The molecule has 2 aromatic heterocycles. The molecule has 152 valence electrons. The summed E-state index contributed by atoms with van der Waals surface area (Å²) in [7, 11) is -3.83. The Bertz CT molecular complexity index is 1260. The van der Waals surface area contributed by atoms with Crippen LogP contribution < -0.4 is 4.72 Å². The van der Waals surface area contributed by atoms with E-state index < -0.39 is 21.6 Å². The van der Waals surface area contributed by atoms with Crippen LogP contribution in [0.4, 0.5) is 10.1 Å². The average molecular weight is 424 g/mol. The second kappa shape index (κ2) is 8.42. The Kier molecular flexibility index (Phi) is 5.53. The summed E-state index contributed by atoms with van der Waals surface area (Å²) in [4.78, 5) is 8.37. The first-order valence-corrected chi connectivity index (χ1v) is 10.7. The summed E-state index contributed by atoms with van der Waals surface area (Å²) in [6, 6.07) is 16.2. The van der Waals surface area contributed by atoms with E-state index in [2.05, 4.69) is 19.8 Å². The molecule has 2 heterocycles. The number of halogens is 1. The Morgan fingerprint density at radius 1 is 0.967 bits per heavy atom. The Morgan fingerprint density at radius 3 is 2.50 bits per heavy atom. The van der Waals surface area contributed by atoms with Gasteiger partial charge in [0.2, 0.25) is 21.7 Å². The number of anilines is 1. The van der Waals surface area contributed by atoms with Crippen LogP contribution in [0.5, 0.6) is 0 Å². The Balaban J connectivity index is 1.53. The molecule has 0 aliphatic carbocycles. The van der Waals surface area contributed by atoms with Crippen LogP contribution in [0.3, 0.4) is 0 Å². The van der Waals surface area contributed by atoms with Crippen molar-refractivity contribution in [2.24, 2.45) is 0 Å². The molecule has 4 aromatic rings. The fourth-order valence-electron chi connectivity index (χ4n) is 2.90. The molecule has 0 amide bonds. The van der Waals surface area contributed by atoms with Crippen LogP contribution in [0.25, 0.3) is 11.4 Å². The van der Waals surface area contributed by atoms with Gasteiger partial charge in [0.25, 0.3) is 0 Å². The molecular formula is C21H17FN4O3S. The highest BCUT2D eigenvalue weighted by molar-refractivity contribution is 7.91. The summed E-state index contributed by atoms with van der Waals surface area (Å²) in [6.07, 6.45) is 3.50. The summed E-state index contributed by atoms with van der Waals surface area (Å²) in [5.41, 5.74) is 1.83. The fourth-order valence-corrected chi connectivity index (χ4v) is 4.15. The first-order chi connectivity index (χ1) is 14.5. The van der Waals surface area contributed by atoms with Crippen LogP contribution in [-0.4, -0.2) is 23.5 Å². The lowest BCUT2D eigenvalue weighted by atomic mass is 10.1. The SMILES string of the molecule is O=S(=O)(Cc1ccccc1F)Nc1ccccc1Cc1nc(-c2cccnc2)no1. The minimum absolute atomic E-state index is 0.0977. The number of para-hydroxylation sites is 1. The van der Waals surface area contributed by atoms with E-state index in [1.165, 1.54) is 18.2 Å². The number of sulfonamides is 1. The van der Waals surface area contributed by atoms with Gasteiger partial charge in [-0.3, -0.25) is 9.71 Å². The molecule has 1 N–H and O–H groups in total. The maximum absolute atomic E-state index is 13.8. The number of aromatic nitrogens is 3. The lowest BCUT2D eigenvalue weighted by Gasteiger charge is -2.12. The lowest BCUT2D eigenvalue weighted by molar-refractivity contribution is 0.386. The standard InChI is InChI=1S/C21H17FN4O3S/c22-18-9-3-1-7-17(18)14-30(27,28)26-19-10-4-2-6-15(19)12-20-24-21(25-29-20)16-8-5-11-23-13-16/h1-11,13,26H,12,14H2. The number of hydrogen-bond donors (Lipinski definition) is 1. The van der Waals surface area contributed by atoms with E-state index in [-0.39, 0.29) is 12.0 Å². The Hall–Kier alpha value is -3.59. The van der Waals surface area contributed by atoms with E-state index in [9.17, 15) is 12.8 Å². The van der Waals surface area contributed by atoms with E-state index >= 15 is 0 Å². The van der Waals surface area contributed by atoms with Crippen molar-refractivity contribution in [1.82, 2.24) is 15.1 Å². The van der Waals surface area contributed by atoms with Gasteiger partial charge in [-0.25, -0.2) is 12.8 Å². The summed E-state index contributed by atoms with van der Waals surface area (Å²) in [6.45, 7) is 0. The van der Waals surface area contributed by atoms with Crippen molar-refractivity contribution < 1.29 is 17.3 Å². The van der Waals surface area contributed by atoms with Crippen molar-refractivity contribution in [1.29, 1.82) is 0 Å². The van der Waals surface area contributed by atoms with Crippen molar-refractivity contribution in [2.75, 3.05) is 4.72 Å². The highest BCUT2D eigenvalue weighted by Crippen LogP contribution is 2.22. The van der Waals surface area contributed by atoms with Gasteiger partial charge >= 0.3 is 0 Å². The molecule has 0 unspecified atom stereocenters. The molecular weight excluding hydrogens is 407 g/mol. The molecule has 0 saturated heterocycles. The quantitative estimate of drug-likeness (QED) is 0.485. The van der Waals surface area contributed by atoms with Gasteiger partial charge in [0.15, 0.2) is 0 Å². The van der Waals surface area contributed by atoms with Gasteiger partial charge in [-0.15, -0.1) is 0 Å². The van der Waals surface area contributed by atoms with E-state index in [0.29, 0.717) is 28.5 Å². The fraction of sp³-hybridized carbons (Fsp3) is 0.0952. The van der Waals surface area contributed by atoms with Crippen molar-refractivity contribution in [3.8, 4) is 11.4 Å². The van der Waals surface area contributed by atoms with Gasteiger partial charge in [0.05, 0.1) is 17.9 Å². The molecule has 0 aliphatic rings. The highest BCUT2D eigenvalue weighted by Gasteiger charge is 2.17. The van der Waals surface area contributed by atoms with Gasteiger partial charge in [-0.05, 0) is 29.8 Å². The molecule has 30 heavy (non-hydrogen) atoms. The second-order valence-electron chi connectivity index (χ2n) is 6.54. The number of benzene rings is 2. The topological polar surface area (TPSA) is 98.0 Å². The van der Waals surface area contributed by atoms with E-state index in [0.717, 1.165) is 0 Å². The number of hydrogen-bond acceptors (Lipinski definition) is 6. The number of pyridine rings is 1. The maximum Gasteiger partial charge on any atom is 0.237 e. The van der Waals surface area contributed by atoms with Gasteiger partial charge in [-0.2, -0.15) is 4.98 Å². The summed E-state index contributed by atoms with van der Waals surface area (Å²) >= 11 is 0. The van der Waals surface area contributed by atoms with Crippen LogP contribution in [0, 0.1) is 5.82 Å². The lowest BCUT2D eigenvalue weighted by Crippen LogP contribution is -2.17. The van der Waals surface area contributed by atoms with Gasteiger partial charge in [0, 0.05) is 23.5 Å². The van der Waals surface area contributed by atoms with Crippen molar-refractivity contribution in [3.63, 3.8) is 0 Å². The van der Waals surface area contributed by atoms with Crippen LogP contribution in [0.15, 0.2) is 77.6 Å². The predicted octanol–water partition coefficient (Wildman–Crippen LogP) is 3.80. The Morgan fingerprint density at radius 2 is 1.73 bits per heavy atom. The minimum Gasteiger partial charge on any atom is -0.339 e. The average Bonchev–Trinajstić information content (AvgIpc) is 3.20. The Labute approximate surface area is 172 Å². The predicted molar refractivity (Wildman–Crippen MR) is 109 cm³/mol. The molecule has 2 aromatic carbocycles. The summed E-state index contributed by atoms with van der Waals surface area (Å²) in [5.74, 6) is -0.310. The molecule has 9 heteroatoms. The molecule has 0 saturated carbocycles. The number of nitrogens with one attached hydrogen (secondary N) is 1. The number of nitrogens with zero attached hydrogens (tertiary/aromatic N) is 3. The monoisotopic (exact) mass is 424 g/mol. The van der Waals surface area contributed by atoms with Gasteiger partial charge < -0.3 is 4.52 Å². The van der Waals surface area contributed by atoms with Crippen LogP contribution >= 0.6 is 0 Å². The van der Waals surface area contributed by atoms with E-state index in [1.54, 1.807) is 48.8 Å². The van der Waals surface area contributed by atoms with E-state index in [1.807, 2.05) is 6.07 Å². The third kappa shape index (κ3) is 4.69. The normalized spacial score (nSPS) is 11.4. The number of rotatable bonds is 7. The molecule has 0 spiro atoms. The van der Waals surface area contributed by atoms with Gasteiger partial charge in [0.1, 0.15) is 5.82 Å². The zero-order chi connectivity index (χ0) is 21.0. The first-order valence-electron chi connectivity index (χ1n) is 9.05. The second-order valence-corrected chi connectivity index (χ2v) is 8.26. The van der Waals surface area contributed by atoms with Crippen molar-refractivity contribution in [2.45, 2.75) is 12.2 Å². The molecule has 4 rings (SSSR count). The molecule has 0 bridgehead atoms. The first kappa shape index (κ1) is 19.7. The van der Waals surface area contributed by atoms with Crippen LogP contribution in [-0.2, 0) is 22.2 Å². The molecule has 0 radical (unpaired) electrons. The summed E-state index contributed by atoms with van der Waals surface area (Å²) < 4.78 is 46.8. The molecule has 0 aliphatic heterocycles. The van der Waals surface area contributed by atoms with E-state index in [4.69, 9.17) is 4.52 Å². The maximum atomic E-state index is 13.8. The largest absolute Gasteiger partial charge is 0.339 e. The van der Waals surface area contributed by atoms with Crippen molar-refractivity contribution in [3.05, 3.63) is 95.9 Å². The van der Waals surface area contributed by atoms with Crippen LogP contribution in [0.2, 0.25) is 0 Å². The molecule has 0 fully saturated rings.